The fourth-order valence-corrected chi connectivity index (χ4v) is 3.56. The predicted molar refractivity (Wildman–Crippen MR) is 78.1 cm³/mol. The summed E-state index contributed by atoms with van der Waals surface area (Å²) in [5, 5.41) is 8.84. The van der Waals surface area contributed by atoms with E-state index in [4.69, 9.17) is 5.11 Å². The molecule has 1 aromatic carbocycles. The first-order valence-corrected chi connectivity index (χ1v) is 8.41. The standard InChI is InChI=1S/C14H22N2O3S/c1-16-9-2-3-13(16)11-15-20(18,19)14-6-4-12(5-7-14)8-10-17/h4-7,13,15,17H,2-3,8-11H2,1H3. The summed E-state index contributed by atoms with van der Waals surface area (Å²) in [5.41, 5.74) is 0.932. The SMILES string of the molecule is CN1CCCC1CNS(=O)(=O)c1ccc(CCO)cc1. The zero-order chi connectivity index (χ0) is 14.6. The molecule has 0 amide bonds. The molecule has 5 nitrogen and oxygen atoms in total. The molecule has 6 heteroatoms. The molecule has 0 aliphatic carbocycles. The molecule has 2 rings (SSSR count). The Morgan fingerprint density at radius 1 is 1.35 bits per heavy atom. The molecular formula is C14H22N2O3S. The van der Waals surface area contributed by atoms with Crippen molar-refractivity contribution in [1.82, 2.24) is 9.62 Å². The van der Waals surface area contributed by atoms with Gasteiger partial charge in [-0.15, -0.1) is 0 Å². The van der Waals surface area contributed by atoms with Crippen LogP contribution in [0, 0.1) is 0 Å². The van der Waals surface area contributed by atoms with Crippen molar-refractivity contribution in [2.24, 2.45) is 0 Å². The summed E-state index contributed by atoms with van der Waals surface area (Å²) in [5.74, 6) is 0. The van der Waals surface area contributed by atoms with E-state index in [0.29, 0.717) is 19.0 Å². The molecular weight excluding hydrogens is 276 g/mol. The fraction of sp³-hybridized carbons (Fsp3) is 0.571. The third-order valence-corrected chi connectivity index (χ3v) is 5.25. The minimum atomic E-state index is -3.44. The van der Waals surface area contributed by atoms with Crippen LogP contribution in [0.2, 0.25) is 0 Å². The Labute approximate surface area is 120 Å². The van der Waals surface area contributed by atoms with E-state index in [-0.39, 0.29) is 11.5 Å². The van der Waals surface area contributed by atoms with Crippen LogP contribution in [0.3, 0.4) is 0 Å². The third kappa shape index (κ3) is 3.79. The fourth-order valence-electron chi connectivity index (χ4n) is 2.49. The Kier molecular flexibility index (Phi) is 5.15. The summed E-state index contributed by atoms with van der Waals surface area (Å²) < 4.78 is 27.1. The van der Waals surface area contributed by atoms with Gasteiger partial charge < -0.3 is 10.0 Å². The van der Waals surface area contributed by atoms with Crippen LogP contribution >= 0.6 is 0 Å². The van der Waals surface area contributed by atoms with Gasteiger partial charge >= 0.3 is 0 Å². The summed E-state index contributed by atoms with van der Waals surface area (Å²) in [6, 6.07) is 6.95. The predicted octanol–water partition coefficient (Wildman–Crippen LogP) is 0.594. The van der Waals surface area contributed by atoms with Crippen molar-refractivity contribution in [3.05, 3.63) is 29.8 Å². The number of aliphatic hydroxyl groups is 1. The Balaban J connectivity index is 1.98. The molecule has 1 aliphatic heterocycles. The molecule has 0 spiro atoms. The highest BCUT2D eigenvalue weighted by molar-refractivity contribution is 7.89. The number of rotatable bonds is 6. The second-order valence-corrected chi connectivity index (χ2v) is 7.01. The molecule has 0 aromatic heterocycles. The van der Waals surface area contributed by atoms with Gasteiger partial charge in [0, 0.05) is 19.2 Å². The summed E-state index contributed by atoms with van der Waals surface area (Å²) in [7, 11) is -1.42. The van der Waals surface area contributed by atoms with Crippen LogP contribution in [0.25, 0.3) is 0 Å². The van der Waals surface area contributed by atoms with E-state index >= 15 is 0 Å². The van der Waals surface area contributed by atoms with Gasteiger partial charge in [-0.25, -0.2) is 13.1 Å². The zero-order valence-electron chi connectivity index (χ0n) is 11.7. The van der Waals surface area contributed by atoms with Crippen molar-refractivity contribution < 1.29 is 13.5 Å². The lowest BCUT2D eigenvalue weighted by molar-refractivity contribution is 0.299. The second-order valence-electron chi connectivity index (χ2n) is 5.25. The van der Waals surface area contributed by atoms with E-state index in [1.54, 1.807) is 24.3 Å². The van der Waals surface area contributed by atoms with Crippen LogP contribution in [0.5, 0.6) is 0 Å². The van der Waals surface area contributed by atoms with Gasteiger partial charge in [0.15, 0.2) is 0 Å². The van der Waals surface area contributed by atoms with Gasteiger partial charge in [-0.2, -0.15) is 0 Å². The number of nitrogens with zero attached hydrogens (tertiary/aromatic N) is 1. The average molecular weight is 298 g/mol. The largest absolute Gasteiger partial charge is 0.396 e. The number of likely N-dealkylation sites (N-methyl/N-ethyl adjacent to an activating group) is 1. The summed E-state index contributed by atoms with van der Waals surface area (Å²) in [4.78, 5) is 2.46. The number of benzene rings is 1. The molecule has 1 aromatic rings. The first kappa shape index (κ1) is 15.4. The molecule has 0 bridgehead atoms. The number of hydrogen-bond donors (Lipinski definition) is 2. The first-order chi connectivity index (χ1) is 9.53. The quantitative estimate of drug-likeness (QED) is 0.807. The summed E-state index contributed by atoms with van der Waals surface area (Å²) in [6.07, 6.45) is 2.70. The van der Waals surface area contributed by atoms with E-state index in [1.807, 2.05) is 7.05 Å². The van der Waals surface area contributed by atoms with Gasteiger partial charge in [0.05, 0.1) is 4.90 Å². The topological polar surface area (TPSA) is 69.6 Å². The van der Waals surface area contributed by atoms with Crippen molar-refractivity contribution in [2.45, 2.75) is 30.2 Å². The number of sulfonamides is 1. The summed E-state index contributed by atoms with van der Waals surface area (Å²) >= 11 is 0. The average Bonchev–Trinajstić information content (AvgIpc) is 2.83. The van der Waals surface area contributed by atoms with Crippen molar-refractivity contribution in [3.63, 3.8) is 0 Å². The molecule has 2 N–H and O–H groups in total. The zero-order valence-corrected chi connectivity index (χ0v) is 12.6. The molecule has 1 aliphatic rings. The van der Waals surface area contributed by atoms with Gasteiger partial charge in [0.1, 0.15) is 0 Å². The Morgan fingerprint density at radius 2 is 2.05 bits per heavy atom. The van der Waals surface area contributed by atoms with Crippen LogP contribution in [0.1, 0.15) is 18.4 Å². The molecule has 1 fully saturated rings. The highest BCUT2D eigenvalue weighted by Gasteiger charge is 2.23. The van der Waals surface area contributed by atoms with Crippen molar-refractivity contribution in [2.75, 3.05) is 26.7 Å². The van der Waals surface area contributed by atoms with Gasteiger partial charge in [0.2, 0.25) is 10.0 Å². The van der Waals surface area contributed by atoms with Crippen LogP contribution < -0.4 is 4.72 Å². The second kappa shape index (κ2) is 6.67. The van der Waals surface area contributed by atoms with Gasteiger partial charge in [-0.1, -0.05) is 12.1 Å². The third-order valence-electron chi connectivity index (χ3n) is 3.81. The molecule has 112 valence electrons. The lowest BCUT2D eigenvalue weighted by atomic mass is 10.2. The van der Waals surface area contributed by atoms with Gasteiger partial charge in [0.25, 0.3) is 0 Å². The highest BCUT2D eigenvalue weighted by Crippen LogP contribution is 2.15. The lowest BCUT2D eigenvalue weighted by Crippen LogP contribution is -2.38. The maximum atomic E-state index is 12.2. The first-order valence-electron chi connectivity index (χ1n) is 6.92. The normalized spacial score (nSPS) is 20.4. The van der Waals surface area contributed by atoms with Gasteiger partial charge in [-0.3, -0.25) is 0 Å². The molecule has 1 atom stereocenters. The van der Waals surface area contributed by atoms with Crippen LogP contribution in [0.15, 0.2) is 29.2 Å². The molecule has 1 heterocycles. The van der Waals surface area contributed by atoms with Crippen LogP contribution in [0.4, 0.5) is 0 Å². The highest BCUT2D eigenvalue weighted by atomic mass is 32.2. The number of likely N-dealkylation sites (tertiary alicyclic amines) is 1. The molecule has 0 saturated carbocycles. The van der Waals surface area contributed by atoms with Gasteiger partial charge in [-0.05, 0) is 50.6 Å². The molecule has 1 saturated heterocycles. The maximum absolute atomic E-state index is 12.2. The number of hydrogen-bond acceptors (Lipinski definition) is 4. The Bertz CT molecular complexity index is 528. The lowest BCUT2D eigenvalue weighted by Gasteiger charge is -2.19. The maximum Gasteiger partial charge on any atom is 0.240 e. The Hall–Kier alpha value is -0.950. The smallest absolute Gasteiger partial charge is 0.240 e. The minimum Gasteiger partial charge on any atom is -0.396 e. The van der Waals surface area contributed by atoms with Crippen molar-refractivity contribution >= 4 is 10.0 Å². The summed E-state index contributed by atoms with van der Waals surface area (Å²) in [6.45, 7) is 1.55. The van der Waals surface area contributed by atoms with E-state index in [0.717, 1.165) is 24.9 Å². The molecule has 0 radical (unpaired) electrons. The minimum absolute atomic E-state index is 0.0678. The van der Waals surface area contributed by atoms with Crippen molar-refractivity contribution in [1.29, 1.82) is 0 Å². The van der Waals surface area contributed by atoms with E-state index in [9.17, 15) is 8.42 Å². The monoisotopic (exact) mass is 298 g/mol. The van der Waals surface area contributed by atoms with Crippen LogP contribution in [-0.4, -0.2) is 51.2 Å². The van der Waals surface area contributed by atoms with Crippen LogP contribution in [-0.2, 0) is 16.4 Å². The van der Waals surface area contributed by atoms with E-state index in [2.05, 4.69) is 9.62 Å². The molecule has 20 heavy (non-hydrogen) atoms. The Morgan fingerprint density at radius 3 is 2.60 bits per heavy atom. The van der Waals surface area contributed by atoms with Crippen molar-refractivity contribution in [3.8, 4) is 0 Å². The van der Waals surface area contributed by atoms with E-state index in [1.165, 1.54) is 0 Å². The van der Waals surface area contributed by atoms with E-state index < -0.39 is 10.0 Å². The molecule has 1 unspecified atom stereocenters. The number of nitrogens with one attached hydrogen (secondary N) is 1. The number of aliphatic hydroxyl groups excluding tert-OH is 1.